The largest absolute Gasteiger partial charge is 0.435 e. The van der Waals surface area contributed by atoms with E-state index in [0.717, 1.165) is 31.5 Å². The predicted molar refractivity (Wildman–Crippen MR) is 80.9 cm³/mol. The molecule has 0 saturated heterocycles. The standard InChI is InChI=1S/C16H13F4N3O2/c1-3-14(25)23(9(2)24)13-5-4-12(22-15(13)16(18,19)20)10-6-11(17)8-21-7-10/h4-8H,3H2,1-2H3. The molecule has 0 spiro atoms. The summed E-state index contributed by atoms with van der Waals surface area (Å²) < 4.78 is 53.5. The first-order chi connectivity index (χ1) is 11.6. The summed E-state index contributed by atoms with van der Waals surface area (Å²) in [6.45, 7) is 2.41. The van der Waals surface area contributed by atoms with E-state index in [4.69, 9.17) is 0 Å². The van der Waals surface area contributed by atoms with E-state index in [-0.39, 0.29) is 17.7 Å². The fourth-order valence-electron chi connectivity index (χ4n) is 2.19. The van der Waals surface area contributed by atoms with Crippen molar-refractivity contribution in [3.05, 3.63) is 42.1 Å². The molecule has 0 fully saturated rings. The van der Waals surface area contributed by atoms with Crippen molar-refractivity contribution in [3.63, 3.8) is 0 Å². The Hall–Kier alpha value is -2.84. The molecule has 0 radical (unpaired) electrons. The summed E-state index contributed by atoms with van der Waals surface area (Å²) in [5, 5.41) is 0. The lowest BCUT2D eigenvalue weighted by Crippen LogP contribution is -2.36. The second kappa shape index (κ2) is 6.96. The molecule has 132 valence electrons. The Morgan fingerprint density at radius 3 is 2.40 bits per heavy atom. The zero-order valence-electron chi connectivity index (χ0n) is 13.3. The molecule has 0 bridgehead atoms. The van der Waals surface area contributed by atoms with E-state index < -0.39 is 35.2 Å². The third kappa shape index (κ3) is 3.98. The molecule has 9 heteroatoms. The molecule has 2 rings (SSSR count). The van der Waals surface area contributed by atoms with Crippen LogP contribution in [0.3, 0.4) is 0 Å². The van der Waals surface area contributed by atoms with Crippen molar-refractivity contribution in [3.8, 4) is 11.3 Å². The SMILES string of the molecule is CCC(=O)N(C(C)=O)c1ccc(-c2cncc(F)c2)nc1C(F)(F)F. The van der Waals surface area contributed by atoms with Crippen LogP contribution in [-0.4, -0.2) is 21.8 Å². The molecule has 2 aromatic rings. The quantitative estimate of drug-likeness (QED) is 0.790. The van der Waals surface area contributed by atoms with Gasteiger partial charge < -0.3 is 0 Å². The summed E-state index contributed by atoms with van der Waals surface area (Å²) >= 11 is 0. The fourth-order valence-corrected chi connectivity index (χ4v) is 2.19. The summed E-state index contributed by atoms with van der Waals surface area (Å²) in [5.41, 5.74) is -2.23. The number of aromatic nitrogens is 2. The zero-order chi connectivity index (χ0) is 18.8. The van der Waals surface area contributed by atoms with Crippen molar-refractivity contribution in [2.24, 2.45) is 0 Å². The van der Waals surface area contributed by atoms with Crippen LogP contribution in [0.5, 0.6) is 0 Å². The number of alkyl halides is 3. The minimum absolute atomic E-state index is 0.0354. The second-order valence-electron chi connectivity index (χ2n) is 5.06. The van der Waals surface area contributed by atoms with Gasteiger partial charge in [-0.3, -0.25) is 14.6 Å². The Labute approximate surface area is 140 Å². The first-order valence-corrected chi connectivity index (χ1v) is 7.17. The number of hydrogen-bond acceptors (Lipinski definition) is 4. The van der Waals surface area contributed by atoms with Crippen LogP contribution in [0.4, 0.5) is 23.2 Å². The average Bonchev–Trinajstić information content (AvgIpc) is 2.53. The first-order valence-electron chi connectivity index (χ1n) is 7.17. The van der Waals surface area contributed by atoms with E-state index in [0.29, 0.717) is 4.90 Å². The van der Waals surface area contributed by atoms with Crippen LogP contribution in [0.2, 0.25) is 0 Å². The molecule has 25 heavy (non-hydrogen) atoms. The van der Waals surface area contributed by atoms with Crippen molar-refractivity contribution in [2.45, 2.75) is 26.4 Å². The zero-order valence-corrected chi connectivity index (χ0v) is 13.3. The number of nitrogens with zero attached hydrogens (tertiary/aromatic N) is 3. The van der Waals surface area contributed by atoms with Crippen molar-refractivity contribution in [1.82, 2.24) is 9.97 Å². The van der Waals surface area contributed by atoms with E-state index in [1.807, 2.05) is 0 Å². The van der Waals surface area contributed by atoms with Gasteiger partial charge in [0.25, 0.3) is 0 Å². The summed E-state index contributed by atoms with van der Waals surface area (Å²) in [4.78, 5) is 31.1. The maximum Gasteiger partial charge on any atom is 0.435 e. The molecule has 0 saturated carbocycles. The van der Waals surface area contributed by atoms with Crippen LogP contribution in [0.25, 0.3) is 11.3 Å². The van der Waals surface area contributed by atoms with Crippen LogP contribution in [0.1, 0.15) is 26.0 Å². The Morgan fingerprint density at radius 1 is 1.20 bits per heavy atom. The molecule has 0 aliphatic heterocycles. The van der Waals surface area contributed by atoms with Gasteiger partial charge in [0.1, 0.15) is 5.82 Å². The van der Waals surface area contributed by atoms with Gasteiger partial charge in [-0.05, 0) is 18.2 Å². The van der Waals surface area contributed by atoms with Gasteiger partial charge in [0, 0.05) is 25.1 Å². The summed E-state index contributed by atoms with van der Waals surface area (Å²) in [6, 6.07) is 3.11. The summed E-state index contributed by atoms with van der Waals surface area (Å²) in [6.07, 6.45) is -3.02. The molecule has 0 aliphatic carbocycles. The number of carbonyl (C=O) groups is 2. The van der Waals surface area contributed by atoms with Crippen LogP contribution in [-0.2, 0) is 15.8 Å². The van der Waals surface area contributed by atoms with Gasteiger partial charge in [-0.2, -0.15) is 13.2 Å². The molecular formula is C16H13F4N3O2. The number of anilines is 1. The normalized spacial score (nSPS) is 11.3. The lowest BCUT2D eigenvalue weighted by molar-refractivity contribution is -0.140. The van der Waals surface area contributed by atoms with Crippen LogP contribution in [0, 0.1) is 5.82 Å². The van der Waals surface area contributed by atoms with Gasteiger partial charge >= 0.3 is 6.18 Å². The monoisotopic (exact) mass is 355 g/mol. The van der Waals surface area contributed by atoms with Gasteiger partial charge in [0.2, 0.25) is 11.8 Å². The minimum atomic E-state index is -4.92. The highest BCUT2D eigenvalue weighted by Gasteiger charge is 2.39. The molecule has 0 unspecified atom stereocenters. The molecule has 5 nitrogen and oxygen atoms in total. The number of carbonyl (C=O) groups excluding carboxylic acids is 2. The highest BCUT2D eigenvalue weighted by atomic mass is 19.4. The molecule has 0 aromatic carbocycles. The number of pyridine rings is 2. The predicted octanol–water partition coefficient (Wildman–Crippen LogP) is 3.59. The average molecular weight is 355 g/mol. The van der Waals surface area contributed by atoms with Gasteiger partial charge in [-0.25, -0.2) is 14.3 Å². The van der Waals surface area contributed by atoms with E-state index in [9.17, 15) is 27.2 Å². The van der Waals surface area contributed by atoms with E-state index in [2.05, 4.69) is 9.97 Å². The molecule has 0 aliphatic rings. The van der Waals surface area contributed by atoms with Crippen molar-refractivity contribution in [1.29, 1.82) is 0 Å². The third-order valence-corrected chi connectivity index (χ3v) is 3.25. The molecule has 0 N–H and O–H groups in total. The Bertz CT molecular complexity index is 821. The van der Waals surface area contributed by atoms with Gasteiger partial charge in [0.05, 0.1) is 17.6 Å². The second-order valence-corrected chi connectivity index (χ2v) is 5.06. The third-order valence-electron chi connectivity index (χ3n) is 3.25. The number of rotatable bonds is 3. The summed E-state index contributed by atoms with van der Waals surface area (Å²) in [7, 11) is 0. The highest BCUT2D eigenvalue weighted by Crippen LogP contribution is 2.37. The van der Waals surface area contributed by atoms with Crippen LogP contribution in [0.15, 0.2) is 30.6 Å². The van der Waals surface area contributed by atoms with Crippen molar-refractivity contribution >= 4 is 17.5 Å². The molecule has 2 aromatic heterocycles. The van der Waals surface area contributed by atoms with Crippen LogP contribution < -0.4 is 4.90 Å². The van der Waals surface area contributed by atoms with Gasteiger partial charge in [-0.15, -0.1) is 0 Å². The van der Waals surface area contributed by atoms with E-state index >= 15 is 0 Å². The smallest absolute Gasteiger partial charge is 0.274 e. The minimum Gasteiger partial charge on any atom is -0.274 e. The highest BCUT2D eigenvalue weighted by molar-refractivity contribution is 6.14. The van der Waals surface area contributed by atoms with Crippen LogP contribution >= 0.6 is 0 Å². The lowest BCUT2D eigenvalue weighted by Gasteiger charge is -2.22. The fraction of sp³-hybridized carbons (Fsp3) is 0.250. The number of hydrogen-bond donors (Lipinski definition) is 0. The maximum absolute atomic E-state index is 13.4. The molecule has 2 heterocycles. The Morgan fingerprint density at radius 2 is 1.88 bits per heavy atom. The topological polar surface area (TPSA) is 63.2 Å². The van der Waals surface area contributed by atoms with E-state index in [1.54, 1.807) is 0 Å². The molecular weight excluding hydrogens is 342 g/mol. The summed E-state index contributed by atoms with van der Waals surface area (Å²) in [5.74, 6) is -2.39. The van der Waals surface area contributed by atoms with Crippen molar-refractivity contribution < 1.29 is 27.2 Å². The molecule has 0 atom stereocenters. The molecule has 2 amide bonds. The maximum atomic E-state index is 13.4. The van der Waals surface area contributed by atoms with Gasteiger partial charge in [0.15, 0.2) is 5.69 Å². The number of imide groups is 1. The lowest BCUT2D eigenvalue weighted by atomic mass is 10.1. The number of amides is 2. The van der Waals surface area contributed by atoms with E-state index in [1.165, 1.54) is 13.0 Å². The Balaban J connectivity index is 2.66. The van der Waals surface area contributed by atoms with Gasteiger partial charge in [-0.1, -0.05) is 6.92 Å². The van der Waals surface area contributed by atoms with Crippen molar-refractivity contribution in [2.75, 3.05) is 4.90 Å². The number of halogens is 4. The Kier molecular flexibility index (Phi) is 5.15. The first kappa shape index (κ1) is 18.5.